The zero-order chi connectivity index (χ0) is 11.4. The normalized spacial score (nSPS) is 16.8. The SMILES string of the molecule is O=C1C=CC=C2C1=Cc1ccc3ccsc3c12. The number of hydrogen-bond donors (Lipinski definition) is 0. The Balaban J connectivity index is 2.12. The highest BCUT2D eigenvalue weighted by Crippen LogP contribution is 2.43. The summed E-state index contributed by atoms with van der Waals surface area (Å²) >= 11 is 1.74. The van der Waals surface area contributed by atoms with Crippen molar-refractivity contribution >= 4 is 38.9 Å². The summed E-state index contributed by atoms with van der Waals surface area (Å²) in [5.74, 6) is 0.114. The van der Waals surface area contributed by atoms with Crippen molar-refractivity contribution < 1.29 is 4.79 Å². The molecule has 2 aliphatic carbocycles. The standard InChI is InChI=1S/C15H8OS/c16-13-3-1-2-11-12(13)8-10-5-4-9-6-7-17-15(9)14(10)11/h1-8H. The van der Waals surface area contributed by atoms with Crippen molar-refractivity contribution in [1.82, 2.24) is 0 Å². The molecule has 0 spiro atoms. The molecule has 2 heteroatoms. The van der Waals surface area contributed by atoms with Gasteiger partial charge in [0.05, 0.1) is 0 Å². The molecular formula is C15H8OS. The molecule has 2 aliphatic rings. The van der Waals surface area contributed by atoms with Crippen LogP contribution < -0.4 is 0 Å². The van der Waals surface area contributed by atoms with Crippen LogP contribution in [0.4, 0.5) is 0 Å². The molecule has 0 bridgehead atoms. The lowest BCUT2D eigenvalue weighted by Crippen LogP contribution is -2.00. The second-order valence-corrected chi connectivity index (χ2v) is 5.15. The molecule has 0 atom stereocenters. The van der Waals surface area contributed by atoms with Crippen LogP contribution in [0, 0.1) is 0 Å². The van der Waals surface area contributed by atoms with Crippen LogP contribution in [0.5, 0.6) is 0 Å². The van der Waals surface area contributed by atoms with Crippen LogP contribution in [0.2, 0.25) is 0 Å². The van der Waals surface area contributed by atoms with Gasteiger partial charge < -0.3 is 0 Å². The van der Waals surface area contributed by atoms with E-state index in [-0.39, 0.29) is 5.78 Å². The molecule has 0 aliphatic heterocycles. The molecule has 0 radical (unpaired) electrons. The molecule has 80 valence electrons. The van der Waals surface area contributed by atoms with E-state index in [0.29, 0.717) is 0 Å². The van der Waals surface area contributed by atoms with Gasteiger partial charge in [0.15, 0.2) is 5.78 Å². The predicted octanol–water partition coefficient (Wildman–Crippen LogP) is 3.82. The molecule has 0 N–H and O–H groups in total. The minimum absolute atomic E-state index is 0.114. The van der Waals surface area contributed by atoms with E-state index in [4.69, 9.17) is 0 Å². The Labute approximate surface area is 102 Å². The van der Waals surface area contributed by atoms with Crippen LogP contribution in [0.15, 0.2) is 47.4 Å². The number of hydrogen-bond acceptors (Lipinski definition) is 2. The maximum atomic E-state index is 11.8. The summed E-state index contributed by atoms with van der Waals surface area (Å²) in [6.45, 7) is 0. The van der Waals surface area contributed by atoms with Crippen LogP contribution in [0.25, 0.3) is 21.7 Å². The molecule has 0 fully saturated rings. The third-order valence-corrected chi connectivity index (χ3v) is 4.24. The first-order chi connectivity index (χ1) is 8.34. The Morgan fingerprint density at radius 1 is 1.06 bits per heavy atom. The van der Waals surface area contributed by atoms with Gasteiger partial charge in [-0.2, -0.15) is 0 Å². The van der Waals surface area contributed by atoms with Crippen molar-refractivity contribution in [2.45, 2.75) is 0 Å². The molecule has 0 amide bonds. The topological polar surface area (TPSA) is 17.1 Å². The number of carbonyl (C=O) groups excluding carboxylic acids is 1. The van der Waals surface area contributed by atoms with Crippen molar-refractivity contribution in [3.05, 3.63) is 58.5 Å². The second kappa shape index (κ2) is 3.05. The van der Waals surface area contributed by atoms with E-state index in [1.807, 2.05) is 18.2 Å². The first kappa shape index (κ1) is 9.14. The number of benzene rings is 1. The summed E-state index contributed by atoms with van der Waals surface area (Å²) < 4.78 is 1.28. The van der Waals surface area contributed by atoms with Gasteiger partial charge in [0.1, 0.15) is 0 Å². The zero-order valence-corrected chi connectivity index (χ0v) is 9.75. The fourth-order valence-electron chi connectivity index (χ4n) is 2.51. The zero-order valence-electron chi connectivity index (χ0n) is 8.94. The third-order valence-electron chi connectivity index (χ3n) is 3.29. The minimum atomic E-state index is 0.114. The smallest absolute Gasteiger partial charge is 0.186 e. The van der Waals surface area contributed by atoms with E-state index in [1.165, 1.54) is 21.2 Å². The van der Waals surface area contributed by atoms with Gasteiger partial charge in [0.2, 0.25) is 0 Å². The second-order valence-electron chi connectivity index (χ2n) is 4.23. The van der Waals surface area contributed by atoms with Crippen LogP contribution in [-0.2, 0) is 4.79 Å². The molecule has 0 saturated heterocycles. The van der Waals surface area contributed by atoms with E-state index in [0.717, 1.165) is 11.1 Å². The van der Waals surface area contributed by atoms with E-state index in [1.54, 1.807) is 17.4 Å². The number of allylic oxidation sites excluding steroid dienone is 5. The molecule has 1 heterocycles. The number of thiophene rings is 1. The lowest BCUT2D eigenvalue weighted by Gasteiger charge is -2.08. The molecule has 17 heavy (non-hydrogen) atoms. The molecular weight excluding hydrogens is 228 g/mol. The first-order valence-electron chi connectivity index (χ1n) is 5.50. The van der Waals surface area contributed by atoms with Gasteiger partial charge in [-0.25, -0.2) is 0 Å². The molecule has 1 aromatic carbocycles. The van der Waals surface area contributed by atoms with Crippen molar-refractivity contribution in [3.8, 4) is 0 Å². The van der Waals surface area contributed by atoms with E-state index in [9.17, 15) is 4.79 Å². The summed E-state index contributed by atoms with van der Waals surface area (Å²) in [7, 11) is 0. The third kappa shape index (κ3) is 1.10. The van der Waals surface area contributed by atoms with Gasteiger partial charge in [0.25, 0.3) is 0 Å². The number of ketones is 1. The largest absolute Gasteiger partial charge is 0.289 e. The highest BCUT2D eigenvalue weighted by atomic mass is 32.1. The highest BCUT2D eigenvalue weighted by molar-refractivity contribution is 7.17. The van der Waals surface area contributed by atoms with Gasteiger partial charge in [0, 0.05) is 15.8 Å². The van der Waals surface area contributed by atoms with Crippen molar-refractivity contribution in [3.63, 3.8) is 0 Å². The number of rotatable bonds is 0. The van der Waals surface area contributed by atoms with Gasteiger partial charge in [-0.15, -0.1) is 11.3 Å². The lowest BCUT2D eigenvalue weighted by molar-refractivity contribution is -0.110. The predicted molar refractivity (Wildman–Crippen MR) is 71.9 cm³/mol. The summed E-state index contributed by atoms with van der Waals surface area (Å²) in [6, 6.07) is 6.35. The van der Waals surface area contributed by atoms with Crippen LogP contribution in [0.1, 0.15) is 11.1 Å². The summed E-state index contributed by atoms with van der Waals surface area (Å²) in [5.41, 5.74) is 4.31. The fraction of sp³-hybridized carbons (Fsp3) is 0. The Kier molecular flexibility index (Phi) is 1.64. The molecule has 1 nitrogen and oxygen atoms in total. The van der Waals surface area contributed by atoms with Crippen molar-refractivity contribution in [2.24, 2.45) is 0 Å². The summed E-state index contributed by atoms with van der Waals surface area (Å²) in [5, 5.41) is 3.36. The Hall–Kier alpha value is -1.93. The fourth-order valence-corrected chi connectivity index (χ4v) is 3.48. The Morgan fingerprint density at radius 2 is 2.00 bits per heavy atom. The molecule has 4 rings (SSSR count). The van der Waals surface area contributed by atoms with Gasteiger partial charge in [-0.3, -0.25) is 4.79 Å². The first-order valence-corrected chi connectivity index (χ1v) is 6.38. The average Bonchev–Trinajstić information content (AvgIpc) is 2.91. The minimum Gasteiger partial charge on any atom is -0.289 e. The number of fused-ring (bicyclic) bond motifs is 5. The van der Waals surface area contributed by atoms with Gasteiger partial charge >= 0.3 is 0 Å². The van der Waals surface area contributed by atoms with Crippen molar-refractivity contribution in [1.29, 1.82) is 0 Å². The van der Waals surface area contributed by atoms with Crippen LogP contribution >= 0.6 is 11.3 Å². The summed E-state index contributed by atoms with van der Waals surface area (Å²) in [4.78, 5) is 11.8. The summed E-state index contributed by atoms with van der Waals surface area (Å²) in [6.07, 6.45) is 7.52. The maximum absolute atomic E-state index is 11.8. The molecule has 0 saturated carbocycles. The van der Waals surface area contributed by atoms with Crippen LogP contribution in [0.3, 0.4) is 0 Å². The highest BCUT2D eigenvalue weighted by Gasteiger charge is 2.26. The Bertz CT molecular complexity index is 756. The van der Waals surface area contributed by atoms with Crippen molar-refractivity contribution in [2.75, 3.05) is 0 Å². The average molecular weight is 236 g/mol. The van der Waals surface area contributed by atoms with E-state index < -0.39 is 0 Å². The van der Waals surface area contributed by atoms with E-state index >= 15 is 0 Å². The molecule has 1 aromatic heterocycles. The Morgan fingerprint density at radius 3 is 2.94 bits per heavy atom. The number of carbonyl (C=O) groups is 1. The molecule has 2 aromatic rings. The van der Waals surface area contributed by atoms with Gasteiger partial charge in [-0.05, 0) is 40.1 Å². The maximum Gasteiger partial charge on any atom is 0.186 e. The van der Waals surface area contributed by atoms with Gasteiger partial charge in [-0.1, -0.05) is 24.3 Å². The molecule has 0 unspecified atom stereocenters. The van der Waals surface area contributed by atoms with Crippen LogP contribution in [-0.4, -0.2) is 5.78 Å². The van der Waals surface area contributed by atoms with E-state index in [2.05, 4.69) is 23.6 Å². The quantitative estimate of drug-likeness (QED) is 0.679. The monoisotopic (exact) mass is 236 g/mol. The lowest BCUT2D eigenvalue weighted by atomic mass is 9.96.